The van der Waals surface area contributed by atoms with E-state index in [-0.39, 0.29) is 11.5 Å². The maximum absolute atomic E-state index is 13.7. The maximum Gasteiger partial charge on any atom is 0.229 e. The highest BCUT2D eigenvalue weighted by atomic mass is 19.2. The minimum Gasteiger partial charge on any atom is -0.363 e. The standard InChI is InChI=1S/C26H28F3N5O/c1-5-34(25(35)15(2)18-12-20(27)22(29)21(28)13-18)14-26(4)8-7-17-11-19(16(3)32-23(17)33-26)24-30-9-6-10-31-24/h6,9-13,15H,5,7-8,14H2,1-4H3,(H,32,33)/t15-,26-/m1/s1. The summed E-state index contributed by atoms with van der Waals surface area (Å²) in [5.41, 5.74) is 2.37. The Balaban J connectivity index is 1.53. The van der Waals surface area contributed by atoms with Crippen LogP contribution in [0.25, 0.3) is 11.4 Å². The van der Waals surface area contributed by atoms with E-state index in [2.05, 4.69) is 21.4 Å². The predicted octanol–water partition coefficient (Wildman–Crippen LogP) is 5.03. The zero-order chi connectivity index (χ0) is 25.3. The van der Waals surface area contributed by atoms with Crippen LogP contribution in [0.15, 0.2) is 36.7 Å². The molecule has 6 nitrogen and oxygen atoms in total. The normalized spacial score (nSPS) is 17.9. The maximum atomic E-state index is 13.7. The highest BCUT2D eigenvalue weighted by Crippen LogP contribution is 2.34. The first-order valence-electron chi connectivity index (χ1n) is 11.6. The third kappa shape index (κ3) is 4.99. The van der Waals surface area contributed by atoms with Crippen LogP contribution in [0.4, 0.5) is 19.0 Å². The minimum absolute atomic E-state index is 0.102. The Morgan fingerprint density at radius 2 is 1.83 bits per heavy atom. The van der Waals surface area contributed by atoms with Crippen LogP contribution in [0.5, 0.6) is 0 Å². The molecule has 1 aromatic carbocycles. The number of halogens is 3. The number of hydrogen-bond donors (Lipinski definition) is 1. The molecule has 2 atom stereocenters. The third-order valence-corrected chi connectivity index (χ3v) is 6.57. The van der Waals surface area contributed by atoms with Crippen molar-refractivity contribution in [2.24, 2.45) is 0 Å². The van der Waals surface area contributed by atoms with Crippen LogP contribution < -0.4 is 5.32 Å². The number of amides is 1. The molecule has 1 aliphatic heterocycles. The quantitative estimate of drug-likeness (QED) is 0.498. The molecule has 2 aromatic heterocycles. The molecular formula is C26H28F3N5O. The first kappa shape index (κ1) is 24.6. The van der Waals surface area contributed by atoms with Gasteiger partial charge in [-0.05, 0) is 75.9 Å². The zero-order valence-corrected chi connectivity index (χ0v) is 20.2. The van der Waals surface area contributed by atoms with Gasteiger partial charge in [-0.1, -0.05) is 0 Å². The fraction of sp³-hybridized carbons (Fsp3) is 0.385. The zero-order valence-electron chi connectivity index (χ0n) is 20.2. The molecule has 4 rings (SSSR count). The second kappa shape index (κ2) is 9.64. The van der Waals surface area contributed by atoms with Crippen molar-refractivity contribution in [3.05, 3.63) is 70.9 Å². The van der Waals surface area contributed by atoms with Crippen molar-refractivity contribution in [1.29, 1.82) is 0 Å². The van der Waals surface area contributed by atoms with Crippen molar-refractivity contribution in [2.45, 2.75) is 52.0 Å². The molecule has 1 aliphatic rings. The summed E-state index contributed by atoms with van der Waals surface area (Å²) in [5, 5.41) is 3.50. The van der Waals surface area contributed by atoms with Crippen molar-refractivity contribution in [2.75, 3.05) is 18.4 Å². The number of fused-ring (bicyclic) bond motifs is 1. The summed E-state index contributed by atoms with van der Waals surface area (Å²) < 4.78 is 40.8. The van der Waals surface area contributed by atoms with Crippen LogP contribution in [0, 0.1) is 24.4 Å². The topological polar surface area (TPSA) is 71.0 Å². The number of benzene rings is 1. The third-order valence-electron chi connectivity index (χ3n) is 6.57. The molecule has 184 valence electrons. The van der Waals surface area contributed by atoms with Gasteiger partial charge in [-0.3, -0.25) is 4.79 Å². The molecule has 0 saturated heterocycles. The lowest BCUT2D eigenvalue weighted by Crippen LogP contribution is -2.51. The molecule has 0 radical (unpaired) electrons. The average molecular weight is 484 g/mol. The molecule has 0 unspecified atom stereocenters. The number of carbonyl (C=O) groups excluding carboxylic acids is 1. The van der Waals surface area contributed by atoms with Crippen LogP contribution in [0.1, 0.15) is 49.9 Å². The van der Waals surface area contributed by atoms with Gasteiger partial charge < -0.3 is 10.2 Å². The molecular weight excluding hydrogens is 455 g/mol. The number of anilines is 1. The van der Waals surface area contributed by atoms with Gasteiger partial charge in [0.05, 0.1) is 17.2 Å². The lowest BCUT2D eigenvalue weighted by atomic mass is 9.87. The van der Waals surface area contributed by atoms with E-state index >= 15 is 0 Å². The van der Waals surface area contributed by atoms with Crippen LogP contribution >= 0.6 is 0 Å². The monoisotopic (exact) mass is 483 g/mol. The smallest absolute Gasteiger partial charge is 0.229 e. The molecule has 35 heavy (non-hydrogen) atoms. The number of hydrogen-bond acceptors (Lipinski definition) is 5. The highest BCUT2D eigenvalue weighted by Gasteiger charge is 2.35. The number of aryl methyl sites for hydroxylation is 2. The van der Waals surface area contributed by atoms with Crippen LogP contribution in [0.3, 0.4) is 0 Å². The van der Waals surface area contributed by atoms with E-state index in [4.69, 9.17) is 4.98 Å². The first-order chi connectivity index (χ1) is 16.6. The van der Waals surface area contributed by atoms with Gasteiger partial charge in [0, 0.05) is 31.0 Å². The summed E-state index contributed by atoms with van der Waals surface area (Å²) >= 11 is 0. The molecule has 0 saturated carbocycles. The van der Waals surface area contributed by atoms with Gasteiger partial charge in [0.15, 0.2) is 23.3 Å². The van der Waals surface area contributed by atoms with Crippen LogP contribution in [0.2, 0.25) is 0 Å². The Kier molecular flexibility index (Phi) is 6.78. The number of aromatic nitrogens is 3. The van der Waals surface area contributed by atoms with Crippen LogP contribution in [-0.4, -0.2) is 44.4 Å². The SMILES string of the molecule is CCN(C[C@@]1(C)CCc2cc(-c3ncccn3)c(C)nc2N1)C(=O)[C@H](C)c1cc(F)c(F)c(F)c1. The lowest BCUT2D eigenvalue weighted by molar-refractivity contribution is -0.133. The van der Waals surface area contributed by atoms with Crippen molar-refractivity contribution in [3.63, 3.8) is 0 Å². The Morgan fingerprint density at radius 1 is 1.17 bits per heavy atom. The number of likely N-dealkylation sites (N-methyl/N-ethyl adjacent to an activating group) is 1. The molecule has 0 spiro atoms. The average Bonchev–Trinajstić information content (AvgIpc) is 2.84. The number of carbonyl (C=O) groups is 1. The molecule has 0 aliphatic carbocycles. The largest absolute Gasteiger partial charge is 0.363 e. The molecule has 9 heteroatoms. The fourth-order valence-electron chi connectivity index (χ4n) is 4.50. The molecule has 0 bridgehead atoms. The predicted molar refractivity (Wildman–Crippen MR) is 127 cm³/mol. The van der Waals surface area contributed by atoms with Gasteiger partial charge >= 0.3 is 0 Å². The van der Waals surface area contributed by atoms with E-state index < -0.39 is 28.9 Å². The second-order valence-corrected chi connectivity index (χ2v) is 9.26. The second-order valence-electron chi connectivity index (χ2n) is 9.26. The molecule has 3 aromatic rings. The number of nitrogens with one attached hydrogen (secondary N) is 1. The van der Waals surface area contributed by atoms with Crippen molar-refractivity contribution in [3.8, 4) is 11.4 Å². The number of pyridine rings is 1. The minimum atomic E-state index is -1.54. The summed E-state index contributed by atoms with van der Waals surface area (Å²) in [6.45, 7) is 8.15. The fourth-order valence-corrected chi connectivity index (χ4v) is 4.50. The van der Waals surface area contributed by atoms with Gasteiger partial charge in [0.25, 0.3) is 0 Å². The Labute approximate surface area is 202 Å². The Bertz CT molecular complexity index is 1230. The Hall–Kier alpha value is -3.49. The van der Waals surface area contributed by atoms with Crippen LogP contribution in [-0.2, 0) is 11.2 Å². The Morgan fingerprint density at radius 3 is 2.46 bits per heavy atom. The molecule has 0 fully saturated rings. The highest BCUT2D eigenvalue weighted by molar-refractivity contribution is 5.83. The summed E-state index contributed by atoms with van der Waals surface area (Å²) in [6.07, 6.45) is 4.89. The van der Waals surface area contributed by atoms with Gasteiger partial charge in [-0.25, -0.2) is 28.1 Å². The van der Waals surface area contributed by atoms with E-state index in [1.807, 2.05) is 20.8 Å². The van der Waals surface area contributed by atoms with Gasteiger partial charge in [0.1, 0.15) is 5.82 Å². The van der Waals surface area contributed by atoms with Crippen molar-refractivity contribution in [1.82, 2.24) is 19.9 Å². The van der Waals surface area contributed by atoms with E-state index in [0.29, 0.717) is 18.9 Å². The number of nitrogens with zero attached hydrogens (tertiary/aromatic N) is 4. The van der Waals surface area contributed by atoms with E-state index in [9.17, 15) is 18.0 Å². The lowest BCUT2D eigenvalue weighted by Gasteiger charge is -2.40. The number of rotatable bonds is 6. The van der Waals surface area contributed by atoms with Gasteiger partial charge in [0.2, 0.25) is 5.91 Å². The molecule has 1 amide bonds. The van der Waals surface area contributed by atoms with Gasteiger partial charge in [-0.15, -0.1) is 0 Å². The summed E-state index contributed by atoms with van der Waals surface area (Å²) in [6, 6.07) is 5.59. The summed E-state index contributed by atoms with van der Waals surface area (Å²) in [4.78, 5) is 28.3. The summed E-state index contributed by atoms with van der Waals surface area (Å²) in [5.74, 6) is -3.87. The molecule has 1 N–H and O–H groups in total. The first-order valence-corrected chi connectivity index (χ1v) is 11.6. The summed E-state index contributed by atoms with van der Waals surface area (Å²) in [7, 11) is 0. The van der Waals surface area contributed by atoms with E-state index in [1.165, 1.54) is 0 Å². The van der Waals surface area contributed by atoms with E-state index in [1.54, 1.807) is 30.3 Å². The van der Waals surface area contributed by atoms with Crippen molar-refractivity contribution >= 4 is 11.7 Å². The van der Waals surface area contributed by atoms with E-state index in [0.717, 1.165) is 47.6 Å². The van der Waals surface area contributed by atoms with Gasteiger partial charge in [-0.2, -0.15) is 0 Å². The van der Waals surface area contributed by atoms with Crippen molar-refractivity contribution < 1.29 is 18.0 Å². The molecule has 3 heterocycles.